The van der Waals surface area contributed by atoms with Crippen molar-refractivity contribution >= 4 is 29.1 Å². The molecule has 1 aliphatic heterocycles. The lowest BCUT2D eigenvalue weighted by Gasteiger charge is -2.22. The van der Waals surface area contributed by atoms with Crippen LogP contribution in [0.3, 0.4) is 0 Å². The fourth-order valence-corrected chi connectivity index (χ4v) is 3.29. The molecule has 0 aromatic carbocycles. The Bertz CT molecular complexity index is 570. The highest BCUT2D eigenvalue weighted by molar-refractivity contribution is 7.12. The monoisotopic (exact) mass is 309 g/mol. The first-order valence-corrected chi connectivity index (χ1v) is 7.66. The van der Waals surface area contributed by atoms with E-state index in [4.69, 9.17) is 5.73 Å². The molecular weight excluding hydrogens is 290 g/mol. The van der Waals surface area contributed by atoms with Crippen LogP contribution in [-0.2, 0) is 9.59 Å². The molecule has 1 aliphatic rings. The minimum absolute atomic E-state index is 0.0980. The average Bonchev–Trinajstić information content (AvgIpc) is 2.72. The molecule has 2 N–H and O–H groups in total. The van der Waals surface area contributed by atoms with Crippen molar-refractivity contribution in [2.24, 2.45) is 11.7 Å². The molecule has 6 nitrogen and oxygen atoms in total. The van der Waals surface area contributed by atoms with Crippen LogP contribution in [0.15, 0.2) is 11.4 Å². The zero-order chi connectivity index (χ0) is 15.6. The lowest BCUT2D eigenvalue weighted by atomic mass is 10.1. The molecule has 0 spiro atoms. The molecule has 21 heavy (non-hydrogen) atoms. The molecule has 3 amide bonds. The SMILES string of the molecule is CC(=O)N1CCN(C(=O)c2sccc2C)C[C@@H](C(N)=O)C1. The predicted octanol–water partition coefficient (Wildman–Crippen LogP) is 0.462. The van der Waals surface area contributed by atoms with Gasteiger partial charge in [0.05, 0.1) is 10.8 Å². The number of hydrogen-bond acceptors (Lipinski definition) is 4. The van der Waals surface area contributed by atoms with Crippen LogP contribution < -0.4 is 5.73 Å². The van der Waals surface area contributed by atoms with E-state index in [1.165, 1.54) is 18.3 Å². The van der Waals surface area contributed by atoms with Crippen LogP contribution in [0.4, 0.5) is 0 Å². The Morgan fingerprint density at radius 3 is 2.38 bits per heavy atom. The maximum Gasteiger partial charge on any atom is 0.264 e. The Balaban J connectivity index is 2.20. The number of thiophene rings is 1. The first-order chi connectivity index (χ1) is 9.90. The fraction of sp³-hybridized carbons (Fsp3) is 0.500. The van der Waals surface area contributed by atoms with Crippen molar-refractivity contribution in [3.63, 3.8) is 0 Å². The molecule has 0 unspecified atom stereocenters. The van der Waals surface area contributed by atoms with Crippen LogP contribution >= 0.6 is 11.3 Å². The Morgan fingerprint density at radius 1 is 1.24 bits per heavy atom. The number of primary amides is 1. The van der Waals surface area contributed by atoms with Crippen molar-refractivity contribution in [3.8, 4) is 0 Å². The molecule has 0 aliphatic carbocycles. The second-order valence-corrected chi connectivity index (χ2v) is 6.16. The van der Waals surface area contributed by atoms with Gasteiger partial charge in [-0.05, 0) is 23.9 Å². The number of carbonyl (C=O) groups is 3. The molecule has 1 atom stereocenters. The smallest absolute Gasteiger partial charge is 0.264 e. The number of aryl methyl sites for hydroxylation is 1. The molecule has 1 saturated heterocycles. The number of nitrogens with zero attached hydrogens (tertiary/aromatic N) is 2. The van der Waals surface area contributed by atoms with Crippen molar-refractivity contribution < 1.29 is 14.4 Å². The second-order valence-electron chi connectivity index (χ2n) is 5.25. The highest BCUT2D eigenvalue weighted by atomic mass is 32.1. The van der Waals surface area contributed by atoms with Gasteiger partial charge in [0.2, 0.25) is 11.8 Å². The zero-order valence-corrected chi connectivity index (χ0v) is 13.0. The third kappa shape index (κ3) is 3.41. The number of rotatable bonds is 2. The van der Waals surface area contributed by atoms with Gasteiger partial charge in [-0.15, -0.1) is 11.3 Å². The first-order valence-electron chi connectivity index (χ1n) is 6.78. The summed E-state index contributed by atoms with van der Waals surface area (Å²) < 4.78 is 0. The van der Waals surface area contributed by atoms with Crippen LogP contribution in [0.2, 0.25) is 0 Å². The van der Waals surface area contributed by atoms with E-state index in [1.54, 1.807) is 9.80 Å². The van der Waals surface area contributed by atoms with E-state index in [1.807, 2.05) is 18.4 Å². The maximum atomic E-state index is 12.6. The summed E-state index contributed by atoms with van der Waals surface area (Å²) >= 11 is 1.39. The number of carbonyl (C=O) groups excluding carboxylic acids is 3. The van der Waals surface area contributed by atoms with Gasteiger partial charge in [0, 0.05) is 33.1 Å². The quantitative estimate of drug-likeness (QED) is 0.861. The summed E-state index contributed by atoms with van der Waals surface area (Å²) in [5, 5.41) is 1.87. The molecule has 1 aromatic heterocycles. The van der Waals surface area contributed by atoms with Crippen LogP contribution in [-0.4, -0.2) is 53.7 Å². The topological polar surface area (TPSA) is 83.7 Å². The van der Waals surface area contributed by atoms with E-state index >= 15 is 0 Å². The van der Waals surface area contributed by atoms with E-state index < -0.39 is 11.8 Å². The molecule has 0 bridgehead atoms. The normalized spacial score (nSPS) is 19.2. The molecule has 2 heterocycles. The highest BCUT2D eigenvalue weighted by Gasteiger charge is 2.30. The van der Waals surface area contributed by atoms with Gasteiger partial charge >= 0.3 is 0 Å². The largest absolute Gasteiger partial charge is 0.369 e. The maximum absolute atomic E-state index is 12.6. The third-order valence-corrected chi connectivity index (χ3v) is 4.72. The molecule has 1 fully saturated rings. The van der Waals surface area contributed by atoms with E-state index in [2.05, 4.69) is 0 Å². The van der Waals surface area contributed by atoms with Gasteiger partial charge in [0.1, 0.15) is 0 Å². The van der Waals surface area contributed by atoms with E-state index in [9.17, 15) is 14.4 Å². The van der Waals surface area contributed by atoms with Gasteiger partial charge < -0.3 is 15.5 Å². The number of amides is 3. The molecule has 2 rings (SSSR count). The summed E-state index contributed by atoms with van der Waals surface area (Å²) in [7, 11) is 0. The van der Waals surface area contributed by atoms with Crippen LogP contribution in [0.1, 0.15) is 22.2 Å². The number of nitrogens with two attached hydrogens (primary N) is 1. The Hall–Kier alpha value is -1.89. The van der Waals surface area contributed by atoms with Gasteiger partial charge in [-0.3, -0.25) is 14.4 Å². The van der Waals surface area contributed by atoms with Crippen molar-refractivity contribution in [3.05, 3.63) is 21.9 Å². The van der Waals surface area contributed by atoms with E-state index in [0.29, 0.717) is 18.0 Å². The first kappa shape index (κ1) is 15.5. The summed E-state index contributed by atoms with van der Waals surface area (Å²) in [6, 6.07) is 1.89. The van der Waals surface area contributed by atoms with Crippen LogP contribution in [0, 0.1) is 12.8 Å². The molecule has 7 heteroatoms. The van der Waals surface area contributed by atoms with Gasteiger partial charge in [-0.1, -0.05) is 0 Å². The van der Waals surface area contributed by atoms with Gasteiger partial charge in [-0.25, -0.2) is 0 Å². The third-order valence-electron chi connectivity index (χ3n) is 3.71. The fourth-order valence-electron chi connectivity index (χ4n) is 2.40. The summed E-state index contributed by atoms with van der Waals surface area (Å²) in [5.41, 5.74) is 6.32. The van der Waals surface area contributed by atoms with E-state index in [-0.39, 0.29) is 24.9 Å². The predicted molar refractivity (Wildman–Crippen MR) is 79.9 cm³/mol. The molecule has 114 valence electrons. The molecular formula is C14H19N3O3S. The molecule has 0 radical (unpaired) electrons. The Labute approximate surface area is 127 Å². The summed E-state index contributed by atoms with van der Waals surface area (Å²) in [6.07, 6.45) is 0. The summed E-state index contributed by atoms with van der Waals surface area (Å²) in [5.74, 6) is -1.22. The standard InChI is InChI=1S/C14H19N3O3S/c1-9-3-6-21-12(9)14(20)17-5-4-16(10(2)18)7-11(8-17)13(15)19/h3,6,11H,4-5,7-8H2,1-2H3,(H2,15,19)/t11-/m0/s1. The van der Waals surface area contributed by atoms with Gasteiger partial charge in [-0.2, -0.15) is 0 Å². The van der Waals surface area contributed by atoms with Crippen molar-refractivity contribution in [1.82, 2.24) is 9.80 Å². The lowest BCUT2D eigenvalue weighted by molar-refractivity contribution is -0.130. The van der Waals surface area contributed by atoms with Crippen LogP contribution in [0.5, 0.6) is 0 Å². The Morgan fingerprint density at radius 2 is 1.86 bits per heavy atom. The molecule has 0 saturated carbocycles. The Kier molecular flexibility index (Phi) is 4.62. The average molecular weight is 309 g/mol. The van der Waals surface area contributed by atoms with Gasteiger partial charge in [0.15, 0.2) is 0 Å². The lowest BCUT2D eigenvalue weighted by Crippen LogP contribution is -2.40. The van der Waals surface area contributed by atoms with Crippen molar-refractivity contribution in [2.75, 3.05) is 26.2 Å². The van der Waals surface area contributed by atoms with Gasteiger partial charge in [0.25, 0.3) is 5.91 Å². The number of hydrogen-bond donors (Lipinski definition) is 1. The highest BCUT2D eigenvalue weighted by Crippen LogP contribution is 2.20. The second kappa shape index (κ2) is 6.26. The minimum atomic E-state index is -0.527. The van der Waals surface area contributed by atoms with Crippen molar-refractivity contribution in [1.29, 1.82) is 0 Å². The molecule has 1 aromatic rings. The van der Waals surface area contributed by atoms with Crippen molar-refractivity contribution in [2.45, 2.75) is 13.8 Å². The zero-order valence-electron chi connectivity index (χ0n) is 12.2. The summed E-state index contributed by atoms with van der Waals surface area (Å²) in [6.45, 7) is 4.72. The van der Waals surface area contributed by atoms with E-state index in [0.717, 1.165) is 5.56 Å². The van der Waals surface area contributed by atoms with Crippen LogP contribution in [0.25, 0.3) is 0 Å². The minimum Gasteiger partial charge on any atom is -0.369 e. The summed E-state index contributed by atoms with van der Waals surface area (Å²) in [4.78, 5) is 39.5.